The van der Waals surface area contributed by atoms with Crippen LogP contribution in [0.5, 0.6) is 0 Å². The fraction of sp³-hybridized carbons (Fsp3) is 0.903. The van der Waals surface area contributed by atoms with Crippen LogP contribution < -0.4 is 0 Å². The lowest BCUT2D eigenvalue weighted by molar-refractivity contribution is -0.167. The number of carbonyl (C=O) groups excluding carboxylic acids is 3. The van der Waals surface area contributed by atoms with E-state index < -0.39 is 6.10 Å². The predicted octanol–water partition coefficient (Wildman–Crippen LogP) is 24.2. The third-order valence-corrected chi connectivity index (χ3v) is 16.2. The molecular weight excluding hydrogens is 961 g/mol. The summed E-state index contributed by atoms with van der Waals surface area (Å²) in [5.74, 6) is -0.851. The van der Waals surface area contributed by atoms with Crippen LogP contribution in [0.1, 0.15) is 400 Å². The zero-order valence-electron chi connectivity index (χ0n) is 53.0. The molecule has 0 aromatic heterocycles. The van der Waals surface area contributed by atoms with Crippen LogP contribution in [0, 0.1) is 0 Å². The second kappa shape index (κ2) is 67.4. The largest absolute Gasteiger partial charge is 0.462 e. The molecule has 0 saturated carbocycles. The summed E-state index contributed by atoms with van der Waals surface area (Å²) in [6.45, 7) is 6.69. The molecule has 0 aliphatic heterocycles. The van der Waals surface area contributed by atoms with Gasteiger partial charge in [0.15, 0.2) is 6.10 Å². The fourth-order valence-corrected chi connectivity index (χ4v) is 10.9. The van der Waals surface area contributed by atoms with E-state index in [0.29, 0.717) is 19.3 Å². The van der Waals surface area contributed by atoms with E-state index in [1.165, 1.54) is 283 Å². The lowest BCUT2D eigenvalue weighted by atomic mass is 10.0. The molecular formula is C72H136O6. The van der Waals surface area contributed by atoms with E-state index in [1.54, 1.807) is 0 Å². The molecule has 0 aliphatic carbocycles. The molecule has 0 N–H and O–H groups in total. The highest BCUT2D eigenvalue weighted by molar-refractivity contribution is 5.71. The number of hydrogen-bond donors (Lipinski definition) is 0. The van der Waals surface area contributed by atoms with E-state index in [2.05, 4.69) is 45.1 Å². The molecule has 6 nitrogen and oxygen atoms in total. The average Bonchev–Trinajstić information content (AvgIpc) is 3.44. The van der Waals surface area contributed by atoms with Crippen LogP contribution in [0.15, 0.2) is 24.3 Å². The first-order valence-electron chi connectivity index (χ1n) is 35.3. The van der Waals surface area contributed by atoms with Gasteiger partial charge in [0.1, 0.15) is 13.2 Å². The van der Waals surface area contributed by atoms with Crippen molar-refractivity contribution >= 4 is 17.9 Å². The monoisotopic (exact) mass is 1100 g/mol. The summed E-state index contributed by atoms with van der Waals surface area (Å²) in [6.07, 6.45) is 82.1. The standard InChI is InChI=1S/C72H136O6/c1-4-7-10-13-16-19-22-25-28-30-32-33-34-35-36-37-38-40-41-44-47-50-53-56-59-62-65-71(74)77-68-69(67-76-70(73)64-61-58-55-52-49-46-43-27-24-21-18-15-12-9-6-3)78-72(75)66-63-60-57-54-51-48-45-42-39-31-29-26-23-20-17-14-11-8-5-2/h18,21,27,43,69H,4-17,19-20,22-26,28-42,44-68H2,1-3H3/b21-18-,43-27-. The SMILES string of the molecule is CCCCC/C=C\C/C=C\CCCCCCCC(=O)OCC(COC(=O)CCCCCCCCCCCCCCCCCCCCCCCCCCCC)OC(=O)CCCCCCCCCCCCCCCCCCCCC. The summed E-state index contributed by atoms with van der Waals surface area (Å²) >= 11 is 0. The van der Waals surface area contributed by atoms with Crippen LogP contribution in [0.2, 0.25) is 0 Å². The van der Waals surface area contributed by atoms with Gasteiger partial charge in [-0.25, -0.2) is 0 Å². The molecule has 0 aliphatic rings. The number of ether oxygens (including phenoxy) is 3. The molecule has 0 amide bonds. The lowest BCUT2D eigenvalue weighted by Crippen LogP contribution is -2.30. The predicted molar refractivity (Wildman–Crippen MR) is 340 cm³/mol. The van der Waals surface area contributed by atoms with Gasteiger partial charge >= 0.3 is 17.9 Å². The molecule has 0 saturated heterocycles. The summed E-state index contributed by atoms with van der Waals surface area (Å²) in [4.78, 5) is 38.4. The van der Waals surface area contributed by atoms with Crippen molar-refractivity contribution < 1.29 is 28.6 Å². The van der Waals surface area contributed by atoms with Gasteiger partial charge in [0.25, 0.3) is 0 Å². The smallest absolute Gasteiger partial charge is 0.306 e. The van der Waals surface area contributed by atoms with Crippen molar-refractivity contribution in [3.8, 4) is 0 Å². The van der Waals surface area contributed by atoms with Gasteiger partial charge in [0.05, 0.1) is 0 Å². The van der Waals surface area contributed by atoms with Gasteiger partial charge in [0, 0.05) is 19.3 Å². The quantitative estimate of drug-likeness (QED) is 0.0261. The highest BCUT2D eigenvalue weighted by atomic mass is 16.6. The van der Waals surface area contributed by atoms with Gasteiger partial charge in [-0.3, -0.25) is 14.4 Å². The lowest BCUT2D eigenvalue weighted by Gasteiger charge is -2.18. The molecule has 1 unspecified atom stereocenters. The molecule has 0 aromatic carbocycles. The molecule has 0 aromatic rings. The minimum absolute atomic E-state index is 0.0692. The number of allylic oxidation sites excluding steroid dienone is 4. The van der Waals surface area contributed by atoms with Crippen LogP contribution in [0.25, 0.3) is 0 Å². The Hall–Kier alpha value is -2.11. The molecule has 0 radical (unpaired) electrons. The van der Waals surface area contributed by atoms with Crippen molar-refractivity contribution in [1.29, 1.82) is 0 Å². The topological polar surface area (TPSA) is 78.9 Å². The van der Waals surface area contributed by atoms with E-state index in [4.69, 9.17) is 14.2 Å². The second-order valence-electron chi connectivity index (χ2n) is 24.2. The summed E-state index contributed by atoms with van der Waals surface area (Å²) in [7, 11) is 0. The van der Waals surface area contributed by atoms with Crippen molar-refractivity contribution in [3.05, 3.63) is 24.3 Å². The normalized spacial score (nSPS) is 12.1. The molecule has 0 spiro atoms. The van der Waals surface area contributed by atoms with E-state index in [-0.39, 0.29) is 31.1 Å². The summed E-state index contributed by atoms with van der Waals surface area (Å²) in [6, 6.07) is 0. The molecule has 0 fully saturated rings. The van der Waals surface area contributed by atoms with Crippen LogP contribution in [0.3, 0.4) is 0 Å². The van der Waals surface area contributed by atoms with E-state index in [1.807, 2.05) is 0 Å². The summed E-state index contributed by atoms with van der Waals surface area (Å²) in [5.41, 5.74) is 0. The van der Waals surface area contributed by atoms with E-state index in [0.717, 1.165) is 77.0 Å². The molecule has 460 valence electrons. The van der Waals surface area contributed by atoms with Crippen LogP contribution in [-0.4, -0.2) is 37.2 Å². The van der Waals surface area contributed by atoms with Crippen molar-refractivity contribution in [1.82, 2.24) is 0 Å². The van der Waals surface area contributed by atoms with Crippen molar-refractivity contribution in [2.24, 2.45) is 0 Å². The Morgan fingerprint density at radius 2 is 0.462 bits per heavy atom. The first-order valence-corrected chi connectivity index (χ1v) is 35.3. The highest BCUT2D eigenvalue weighted by Crippen LogP contribution is 2.19. The van der Waals surface area contributed by atoms with Crippen LogP contribution >= 0.6 is 0 Å². The molecule has 0 rings (SSSR count). The molecule has 0 heterocycles. The number of esters is 3. The number of hydrogen-bond acceptors (Lipinski definition) is 6. The van der Waals surface area contributed by atoms with Gasteiger partial charge in [-0.05, 0) is 51.4 Å². The number of carbonyl (C=O) groups is 3. The molecule has 78 heavy (non-hydrogen) atoms. The Morgan fingerprint density at radius 3 is 0.731 bits per heavy atom. The van der Waals surface area contributed by atoms with Crippen LogP contribution in [-0.2, 0) is 28.6 Å². The van der Waals surface area contributed by atoms with Gasteiger partial charge in [-0.2, -0.15) is 0 Å². The first-order chi connectivity index (χ1) is 38.5. The maximum absolute atomic E-state index is 12.9. The third kappa shape index (κ3) is 64.7. The minimum atomic E-state index is -0.774. The van der Waals surface area contributed by atoms with E-state index in [9.17, 15) is 14.4 Å². The second-order valence-corrected chi connectivity index (χ2v) is 24.2. The maximum atomic E-state index is 12.9. The van der Waals surface area contributed by atoms with E-state index >= 15 is 0 Å². The van der Waals surface area contributed by atoms with Gasteiger partial charge in [-0.15, -0.1) is 0 Å². The third-order valence-electron chi connectivity index (χ3n) is 16.2. The Kier molecular flexibility index (Phi) is 65.6. The van der Waals surface area contributed by atoms with Gasteiger partial charge in [0.2, 0.25) is 0 Å². The van der Waals surface area contributed by atoms with Crippen molar-refractivity contribution in [2.75, 3.05) is 13.2 Å². The van der Waals surface area contributed by atoms with Gasteiger partial charge in [-0.1, -0.05) is 353 Å². The average molecular weight is 1100 g/mol. The zero-order chi connectivity index (χ0) is 56.4. The Morgan fingerprint density at radius 1 is 0.256 bits per heavy atom. The summed E-state index contributed by atoms with van der Waals surface area (Å²) < 4.78 is 17.0. The number of unbranched alkanes of at least 4 members (excludes halogenated alkanes) is 51. The summed E-state index contributed by atoms with van der Waals surface area (Å²) in [5, 5.41) is 0. The zero-order valence-corrected chi connectivity index (χ0v) is 53.0. The Bertz CT molecular complexity index is 1260. The van der Waals surface area contributed by atoms with Crippen molar-refractivity contribution in [3.63, 3.8) is 0 Å². The fourth-order valence-electron chi connectivity index (χ4n) is 10.9. The maximum Gasteiger partial charge on any atom is 0.306 e. The first kappa shape index (κ1) is 75.9. The molecule has 0 bridgehead atoms. The molecule has 6 heteroatoms. The Labute approximate surface area is 487 Å². The highest BCUT2D eigenvalue weighted by Gasteiger charge is 2.19. The minimum Gasteiger partial charge on any atom is -0.462 e. The van der Waals surface area contributed by atoms with Crippen molar-refractivity contribution in [2.45, 2.75) is 406 Å². The number of rotatable bonds is 66. The van der Waals surface area contributed by atoms with Gasteiger partial charge < -0.3 is 14.2 Å². The molecule has 1 atom stereocenters. The van der Waals surface area contributed by atoms with Crippen LogP contribution in [0.4, 0.5) is 0 Å². The Balaban J connectivity index is 4.23.